The molecule has 0 saturated carbocycles. The number of hydrogen-bond acceptors (Lipinski definition) is 7. The van der Waals surface area contributed by atoms with Gasteiger partial charge in [0.05, 0.1) is 0 Å². The number of hydrogen-bond donors (Lipinski definition) is 2. The molecule has 4 aromatic rings. The standard InChI is InChI=1S/C11H6ClN7OS/c12-5-1-3-6(4-2-5)13-7-9-15-16-11(21)19(9)10-8(14-7)17-20-18-10/h1-4H,(H,16,21)(H,13,14,17). The average Bonchev–Trinajstić information content (AvgIpc) is 3.08. The molecule has 104 valence electrons. The molecule has 4 rings (SSSR count). The van der Waals surface area contributed by atoms with E-state index >= 15 is 0 Å². The van der Waals surface area contributed by atoms with Gasteiger partial charge in [0.25, 0.3) is 0 Å². The smallest absolute Gasteiger partial charge is 0.244 e. The molecule has 0 atom stereocenters. The first kappa shape index (κ1) is 12.2. The Hall–Kier alpha value is -2.52. The van der Waals surface area contributed by atoms with Crippen LogP contribution in [0.3, 0.4) is 0 Å². The van der Waals surface area contributed by atoms with E-state index < -0.39 is 0 Å². The van der Waals surface area contributed by atoms with E-state index in [-0.39, 0.29) is 0 Å². The van der Waals surface area contributed by atoms with Crippen LogP contribution >= 0.6 is 23.8 Å². The molecule has 0 unspecified atom stereocenters. The fourth-order valence-corrected chi connectivity index (χ4v) is 2.30. The Bertz CT molecular complexity index is 1000. The van der Waals surface area contributed by atoms with Gasteiger partial charge in [0.1, 0.15) is 0 Å². The Morgan fingerprint density at radius 1 is 1.19 bits per heavy atom. The number of benzene rings is 1. The van der Waals surface area contributed by atoms with Gasteiger partial charge in [0.2, 0.25) is 21.7 Å². The highest BCUT2D eigenvalue weighted by Crippen LogP contribution is 2.23. The summed E-state index contributed by atoms with van der Waals surface area (Å²) in [6.45, 7) is 0. The van der Waals surface area contributed by atoms with Crippen LogP contribution < -0.4 is 5.32 Å². The van der Waals surface area contributed by atoms with Crippen LogP contribution in [0.5, 0.6) is 0 Å². The Balaban J connectivity index is 1.94. The van der Waals surface area contributed by atoms with Gasteiger partial charge in [0, 0.05) is 10.7 Å². The number of rotatable bonds is 2. The van der Waals surface area contributed by atoms with Crippen LogP contribution in [-0.4, -0.2) is 29.9 Å². The first-order valence-corrected chi connectivity index (χ1v) is 6.63. The van der Waals surface area contributed by atoms with E-state index in [4.69, 9.17) is 28.4 Å². The molecule has 3 aromatic heterocycles. The van der Waals surface area contributed by atoms with Crippen LogP contribution in [0.4, 0.5) is 11.5 Å². The van der Waals surface area contributed by atoms with Crippen molar-refractivity contribution in [2.45, 2.75) is 0 Å². The first-order valence-electron chi connectivity index (χ1n) is 5.84. The second kappa shape index (κ2) is 4.50. The third-order valence-electron chi connectivity index (χ3n) is 2.88. The maximum absolute atomic E-state index is 5.87. The SMILES string of the molecule is S=c1[nH]nc2c(Nc3ccc(Cl)cc3)nc3nonc3n12. The molecule has 0 spiro atoms. The Morgan fingerprint density at radius 3 is 2.81 bits per heavy atom. The molecule has 0 amide bonds. The van der Waals surface area contributed by atoms with E-state index in [1.807, 2.05) is 12.1 Å². The predicted octanol–water partition coefficient (Wildman–Crippen LogP) is 2.72. The van der Waals surface area contributed by atoms with E-state index in [0.717, 1.165) is 5.69 Å². The summed E-state index contributed by atoms with van der Waals surface area (Å²) in [5, 5.41) is 18.2. The van der Waals surface area contributed by atoms with Crippen molar-refractivity contribution in [2.24, 2.45) is 0 Å². The van der Waals surface area contributed by atoms with E-state index in [1.165, 1.54) is 0 Å². The van der Waals surface area contributed by atoms with Gasteiger partial charge in [0.15, 0.2) is 5.82 Å². The minimum absolute atomic E-state index is 0.330. The summed E-state index contributed by atoms with van der Waals surface area (Å²) in [5.41, 5.74) is 2.04. The highest BCUT2D eigenvalue weighted by atomic mass is 35.5. The highest BCUT2D eigenvalue weighted by molar-refractivity contribution is 7.71. The number of aromatic nitrogens is 6. The van der Waals surface area contributed by atoms with Crippen LogP contribution in [-0.2, 0) is 0 Å². The van der Waals surface area contributed by atoms with E-state index in [2.05, 4.69) is 30.8 Å². The molecular formula is C11H6ClN7OS. The summed E-state index contributed by atoms with van der Waals surface area (Å²) in [7, 11) is 0. The van der Waals surface area contributed by atoms with Crippen molar-refractivity contribution in [1.29, 1.82) is 0 Å². The zero-order valence-electron chi connectivity index (χ0n) is 10.2. The lowest BCUT2D eigenvalue weighted by atomic mass is 10.3. The summed E-state index contributed by atoms with van der Waals surface area (Å²) in [4.78, 5) is 4.33. The van der Waals surface area contributed by atoms with Gasteiger partial charge in [-0.15, -0.1) is 0 Å². The Kier molecular flexibility index (Phi) is 2.62. The van der Waals surface area contributed by atoms with Crippen molar-refractivity contribution in [1.82, 2.24) is 29.9 Å². The van der Waals surface area contributed by atoms with Gasteiger partial charge in [-0.05, 0) is 46.8 Å². The summed E-state index contributed by atoms with van der Waals surface area (Å²) < 4.78 is 6.69. The van der Waals surface area contributed by atoms with Gasteiger partial charge in [-0.1, -0.05) is 11.6 Å². The molecule has 1 aromatic carbocycles. The van der Waals surface area contributed by atoms with Crippen molar-refractivity contribution in [3.8, 4) is 0 Å². The molecule has 2 N–H and O–H groups in total. The second-order valence-electron chi connectivity index (χ2n) is 4.19. The first-order chi connectivity index (χ1) is 10.2. The largest absolute Gasteiger partial charge is 0.337 e. The minimum Gasteiger partial charge on any atom is -0.337 e. The normalized spacial score (nSPS) is 11.3. The Morgan fingerprint density at radius 2 is 2.00 bits per heavy atom. The Labute approximate surface area is 126 Å². The molecule has 3 heterocycles. The van der Waals surface area contributed by atoms with Crippen LogP contribution in [0, 0.1) is 4.77 Å². The number of anilines is 2. The monoisotopic (exact) mass is 319 g/mol. The summed E-state index contributed by atoms with van der Waals surface area (Å²) in [6, 6.07) is 7.20. The lowest BCUT2D eigenvalue weighted by molar-refractivity contribution is 0.313. The van der Waals surface area contributed by atoms with Crippen LogP contribution in [0.15, 0.2) is 28.9 Å². The quantitative estimate of drug-likeness (QED) is 0.548. The maximum atomic E-state index is 5.87. The minimum atomic E-state index is 0.330. The second-order valence-corrected chi connectivity index (χ2v) is 5.01. The number of fused-ring (bicyclic) bond motifs is 3. The van der Waals surface area contributed by atoms with E-state index in [0.29, 0.717) is 32.6 Å². The number of halogens is 1. The van der Waals surface area contributed by atoms with E-state index in [9.17, 15) is 0 Å². The maximum Gasteiger partial charge on any atom is 0.244 e. The fraction of sp³-hybridized carbons (Fsp3) is 0. The third-order valence-corrected chi connectivity index (χ3v) is 3.40. The van der Waals surface area contributed by atoms with Crippen molar-refractivity contribution in [3.63, 3.8) is 0 Å². The zero-order valence-corrected chi connectivity index (χ0v) is 11.8. The zero-order chi connectivity index (χ0) is 14.4. The predicted molar refractivity (Wildman–Crippen MR) is 78.3 cm³/mol. The van der Waals surface area contributed by atoms with Gasteiger partial charge in [-0.3, -0.25) is 5.10 Å². The van der Waals surface area contributed by atoms with Gasteiger partial charge >= 0.3 is 0 Å². The van der Waals surface area contributed by atoms with Crippen LogP contribution in [0.25, 0.3) is 16.9 Å². The molecule has 0 bridgehead atoms. The number of aromatic amines is 1. The number of H-pyrrole nitrogens is 1. The summed E-state index contributed by atoms with van der Waals surface area (Å²) in [5.74, 6) is 0.480. The van der Waals surface area contributed by atoms with Gasteiger partial charge < -0.3 is 5.32 Å². The molecule has 10 heteroatoms. The molecule has 0 radical (unpaired) electrons. The number of nitrogens with zero attached hydrogens (tertiary/aromatic N) is 5. The summed E-state index contributed by atoms with van der Waals surface area (Å²) >= 11 is 11.1. The molecule has 21 heavy (non-hydrogen) atoms. The van der Waals surface area contributed by atoms with Gasteiger partial charge in [-0.25, -0.2) is 14.0 Å². The van der Waals surface area contributed by atoms with Crippen molar-refractivity contribution in [2.75, 3.05) is 5.32 Å². The lowest BCUT2D eigenvalue weighted by Crippen LogP contribution is -2.00. The summed E-state index contributed by atoms with van der Waals surface area (Å²) in [6.07, 6.45) is 0. The lowest BCUT2D eigenvalue weighted by Gasteiger charge is -2.06. The topological polar surface area (TPSA) is 96.9 Å². The van der Waals surface area contributed by atoms with E-state index in [1.54, 1.807) is 16.5 Å². The molecule has 0 aliphatic heterocycles. The van der Waals surface area contributed by atoms with Crippen LogP contribution in [0.1, 0.15) is 0 Å². The molecule has 0 saturated heterocycles. The molecule has 0 aliphatic carbocycles. The highest BCUT2D eigenvalue weighted by Gasteiger charge is 2.15. The fourth-order valence-electron chi connectivity index (χ4n) is 1.95. The molecule has 0 aliphatic rings. The van der Waals surface area contributed by atoms with Crippen molar-refractivity contribution in [3.05, 3.63) is 34.1 Å². The number of nitrogens with one attached hydrogen (secondary N) is 2. The van der Waals surface area contributed by atoms with Crippen molar-refractivity contribution >= 4 is 52.3 Å². The molecule has 0 fully saturated rings. The molecule has 8 nitrogen and oxygen atoms in total. The average molecular weight is 320 g/mol. The molecular weight excluding hydrogens is 314 g/mol. The van der Waals surface area contributed by atoms with Gasteiger partial charge in [-0.2, -0.15) is 5.10 Å². The van der Waals surface area contributed by atoms with Crippen LogP contribution in [0.2, 0.25) is 5.02 Å². The van der Waals surface area contributed by atoms with Crippen molar-refractivity contribution < 1.29 is 4.63 Å². The third kappa shape index (κ3) is 1.94.